The fraction of sp³-hybridized carbons (Fsp3) is 1.00. The summed E-state index contributed by atoms with van der Waals surface area (Å²) in [6.07, 6.45) is 18.4. The molecule has 23 heavy (non-hydrogen) atoms. The minimum absolute atomic E-state index is 0.786. The second kappa shape index (κ2) is 8.93. The van der Waals surface area contributed by atoms with Crippen LogP contribution in [0.2, 0.25) is 6.32 Å². The summed E-state index contributed by atoms with van der Waals surface area (Å²) in [6, 6.07) is 0. The van der Waals surface area contributed by atoms with Crippen molar-refractivity contribution >= 4 is 7.85 Å². The van der Waals surface area contributed by atoms with E-state index in [0.717, 1.165) is 48.4 Å². The van der Waals surface area contributed by atoms with Gasteiger partial charge in [-0.2, -0.15) is 0 Å². The third-order valence-electron chi connectivity index (χ3n) is 7.60. The molecule has 2 radical (unpaired) electrons. The van der Waals surface area contributed by atoms with E-state index in [2.05, 4.69) is 0 Å². The van der Waals surface area contributed by atoms with Crippen molar-refractivity contribution in [3.05, 3.63) is 0 Å². The highest BCUT2D eigenvalue weighted by Gasteiger charge is 2.37. The zero-order valence-corrected chi connectivity index (χ0v) is 15.3. The van der Waals surface area contributed by atoms with Gasteiger partial charge in [-0.25, -0.2) is 0 Å². The van der Waals surface area contributed by atoms with Crippen molar-refractivity contribution < 1.29 is 4.74 Å². The lowest BCUT2D eigenvalue weighted by molar-refractivity contribution is 0.0380. The Labute approximate surface area is 145 Å². The molecular weight excluding hydrogens is 279 g/mol. The van der Waals surface area contributed by atoms with Gasteiger partial charge in [0.15, 0.2) is 0 Å². The van der Waals surface area contributed by atoms with Crippen molar-refractivity contribution in [2.75, 3.05) is 13.7 Å². The Morgan fingerprint density at radius 2 is 1.57 bits per heavy atom. The summed E-state index contributed by atoms with van der Waals surface area (Å²) in [5, 5.41) is 0. The molecule has 3 aliphatic carbocycles. The maximum atomic E-state index is 6.08. The van der Waals surface area contributed by atoms with E-state index in [1.807, 2.05) is 7.11 Å². The van der Waals surface area contributed by atoms with Crippen LogP contribution in [-0.2, 0) is 4.74 Å². The molecule has 3 fully saturated rings. The summed E-state index contributed by atoms with van der Waals surface area (Å²) in [4.78, 5) is 0. The summed E-state index contributed by atoms with van der Waals surface area (Å²) in [7, 11) is 7.98. The molecule has 3 saturated carbocycles. The summed E-state index contributed by atoms with van der Waals surface area (Å²) in [5.74, 6) is 5.48. The van der Waals surface area contributed by atoms with Crippen molar-refractivity contribution in [2.24, 2.45) is 35.5 Å². The minimum Gasteiger partial charge on any atom is -0.384 e. The van der Waals surface area contributed by atoms with Crippen LogP contribution in [0.25, 0.3) is 0 Å². The van der Waals surface area contributed by atoms with Gasteiger partial charge in [-0.05, 0) is 61.2 Å². The third-order valence-corrected chi connectivity index (χ3v) is 7.60. The van der Waals surface area contributed by atoms with Gasteiger partial charge < -0.3 is 4.74 Å². The Bertz CT molecular complexity index is 345. The van der Waals surface area contributed by atoms with Crippen LogP contribution in [-0.4, -0.2) is 21.6 Å². The average Bonchev–Trinajstić information content (AvgIpc) is 2.61. The van der Waals surface area contributed by atoms with Gasteiger partial charge in [0.05, 0.1) is 7.85 Å². The van der Waals surface area contributed by atoms with Gasteiger partial charge in [0.2, 0.25) is 0 Å². The van der Waals surface area contributed by atoms with E-state index in [1.165, 1.54) is 77.0 Å². The first-order chi connectivity index (χ1) is 11.3. The lowest BCUT2D eigenvalue weighted by atomic mass is 9.62. The number of methoxy groups -OCH3 is 1. The first-order valence-electron chi connectivity index (χ1n) is 10.5. The van der Waals surface area contributed by atoms with Gasteiger partial charge >= 0.3 is 0 Å². The predicted molar refractivity (Wildman–Crippen MR) is 98.8 cm³/mol. The Morgan fingerprint density at radius 1 is 0.870 bits per heavy atom. The van der Waals surface area contributed by atoms with Crippen molar-refractivity contribution in [2.45, 2.75) is 83.4 Å². The molecule has 1 nitrogen and oxygen atoms in total. The quantitative estimate of drug-likeness (QED) is 0.576. The number of ether oxygens (including phenoxy) is 1. The molecule has 0 N–H and O–H groups in total. The summed E-state index contributed by atoms with van der Waals surface area (Å²) in [5.41, 5.74) is 0. The zero-order valence-electron chi connectivity index (χ0n) is 15.3. The van der Waals surface area contributed by atoms with Crippen LogP contribution >= 0.6 is 0 Å². The van der Waals surface area contributed by atoms with E-state index < -0.39 is 0 Å². The largest absolute Gasteiger partial charge is 0.384 e. The zero-order chi connectivity index (χ0) is 16.1. The topological polar surface area (TPSA) is 9.23 Å². The standard InChI is InChI=1S/C21H37BO/c1-23-15-21(13-18-8-4-5-9-20(18)14-22)19-11-10-16-6-2-3-7-17(16)12-19/h16-21H,2-15H2,1H3/t16?,17?,18?,19-,20?,21?/m0/s1. The summed E-state index contributed by atoms with van der Waals surface area (Å²) < 4.78 is 5.67. The first-order valence-corrected chi connectivity index (χ1v) is 10.5. The molecule has 3 aliphatic rings. The number of hydrogen-bond donors (Lipinski definition) is 0. The van der Waals surface area contributed by atoms with Gasteiger partial charge in [0, 0.05) is 13.7 Å². The van der Waals surface area contributed by atoms with Crippen LogP contribution in [0.5, 0.6) is 0 Å². The van der Waals surface area contributed by atoms with Gasteiger partial charge in [-0.3, -0.25) is 0 Å². The Balaban J connectivity index is 1.59. The van der Waals surface area contributed by atoms with Gasteiger partial charge in [-0.15, -0.1) is 0 Å². The number of rotatable bonds is 6. The lowest BCUT2D eigenvalue weighted by Crippen LogP contribution is -2.34. The molecule has 3 rings (SSSR count). The number of hydrogen-bond acceptors (Lipinski definition) is 1. The predicted octanol–water partition coefficient (Wildman–Crippen LogP) is 5.64. The van der Waals surface area contributed by atoms with Crippen LogP contribution in [0.3, 0.4) is 0 Å². The van der Waals surface area contributed by atoms with E-state index >= 15 is 0 Å². The first kappa shape index (κ1) is 17.8. The molecule has 0 bridgehead atoms. The van der Waals surface area contributed by atoms with Crippen LogP contribution in [0, 0.1) is 35.5 Å². The van der Waals surface area contributed by atoms with Crippen LogP contribution < -0.4 is 0 Å². The minimum atomic E-state index is 0.786. The van der Waals surface area contributed by atoms with Gasteiger partial charge in [-0.1, -0.05) is 57.7 Å². The molecule has 0 aromatic rings. The Hall–Kier alpha value is 0.0249. The molecule has 0 saturated heterocycles. The number of fused-ring (bicyclic) bond motifs is 1. The summed E-state index contributed by atoms with van der Waals surface area (Å²) in [6.45, 7) is 0.982. The SMILES string of the molecule is [B]CC1CCCCC1CC(COC)[C@H]1CCC2CCCCC2C1. The molecule has 130 valence electrons. The van der Waals surface area contributed by atoms with Gasteiger partial charge in [0.1, 0.15) is 0 Å². The molecule has 5 unspecified atom stereocenters. The molecule has 0 heterocycles. The van der Waals surface area contributed by atoms with E-state index in [9.17, 15) is 0 Å². The molecule has 0 aromatic carbocycles. The van der Waals surface area contributed by atoms with Crippen LogP contribution in [0.1, 0.15) is 77.0 Å². The normalized spacial score (nSPS) is 39.6. The average molecular weight is 316 g/mol. The van der Waals surface area contributed by atoms with Crippen molar-refractivity contribution in [3.8, 4) is 0 Å². The van der Waals surface area contributed by atoms with E-state index in [0.29, 0.717) is 0 Å². The highest BCUT2D eigenvalue weighted by atomic mass is 16.5. The molecule has 0 spiro atoms. The maximum Gasteiger partial charge on any atom is 0.0656 e. The molecule has 0 aliphatic heterocycles. The molecule has 6 atom stereocenters. The Morgan fingerprint density at radius 3 is 2.30 bits per heavy atom. The molecule has 0 amide bonds. The smallest absolute Gasteiger partial charge is 0.0656 e. The van der Waals surface area contributed by atoms with Crippen LogP contribution in [0.4, 0.5) is 0 Å². The van der Waals surface area contributed by atoms with Crippen molar-refractivity contribution in [1.29, 1.82) is 0 Å². The lowest BCUT2D eigenvalue weighted by Gasteiger charge is -2.43. The van der Waals surface area contributed by atoms with E-state index in [-0.39, 0.29) is 0 Å². The van der Waals surface area contributed by atoms with Crippen molar-refractivity contribution in [3.63, 3.8) is 0 Å². The highest BCUT2D eigenvalue weighted by molar-refractivity contribution is 6.08. The van der Waals surface area contributed by atoms with Crippen molar-refractivity contribution in [1.82, 2.24) is 0 Å². The van der Waals surface area contributed by atoms with E-state index in [1.54, 1.807) is 0 Å². The third kappa shape index (κ3) is 4.56. The molecule has 0 aromatic heterocycles. The van der Waals surface area contributed by atoms with Crippen LogP contribution in [0.15, 0.2) is 0 Å². The monoisotopic (exact) mass is 316 g/mol. The maximum absolute atomic E-state index is 6.08. The summed E-state index contributed by atoms with van der Waals surface area (Å²) >= 11 is 0. The molecular formula is C21H37BO. The molecule has 2 heteroatoms. The van der Waals surface area contributed by atoms with E-state index in [4.69, 9.17) is 12.6 Å². The Kier molecular flexibility index (Phi) is 6.92. The fourth-order valence-electron chi connectivity index (χ4n) is 6.24. The second-order valence-electron chi connectivity index (χ2n) is 8.87. The fourth-order valence-corrected chi connectivity index (χ4v) is 6.24. The highest BCUT2D eigenvalue weighted by Crippen LogP contribution is 2.47. The van der Waals surface area contributed by atoms with Gasteiger partial charge in [0.25, 0.3) is 0 Å². The second-order valence-corrected chi connectivity index (χ2v) is 8.87.